The lowest BCUT2D eigenvalue weighted by Gasteiger charge is -2.25. The maximum absolute atomic E-state index is 12.5. The van der Waals surface area contributed by atoms with E-state index in [0.29, 0.717) is 33.0 Å². The Morgan fingerprint density at radius 2 is 1.97 bits per heavy atom. The molecule has 2 aromatic heterocycles. The summed E-state index contributed by atoms with van der Waals surface area (Å²) in [5.74, 6) is -1.13. The third-order valence-electron chi connectivity index (χ3n) is 4.32. The molecule has 0 radical (unpaired) electrons. The molecule has 3 heterocycles. The first-order valence-electron chi connectivity index (χ1n) is 9.56. The van der Waals surface area contributed by atoms with Crippen LogP contribution in [0.5, 0.6) is 0 Å². The Morgan fingerprint density at radius 1 is 1.23 bits per heavy atom. The number of ether oxygens (including phenoxy) is 2. The minimum atomic E-state index is -0.575. The van der Waals surface area contributed by atoms with E-state index >= 15 is 0 Å². The number of carbonyl (C=O) groups is 3. The molecule has 1 fully saturated rings. The molecule has 0 spiro atoms. The second-order valence-corrected chi connectivity index (χ2v) is 9.55. The molecule has 10 nitrogen and oxygen atoms in total. The minimum absolute atomic E-state index is 0.0895. The van der Waals surface area contributed by atoms with Gasteiger partial charge in [-0.05, 0) is 19.4 Å². The zero-order valence-electron chi connectivity index (χ0n) is 17.4. The van der Waals surface area contributed by atoms with Gasteiger partial charge in [0.2, 0.25) is 11.0 Å². The number of morpholine rings is 1. The number of nitrogens with zero attached hydrogens (tertiary/aromatic N) is 3. The molecule has 0 bridgehead atoms. The quantitative estimate of drug-likeness (QED) is 0.427. The molecule has 0 saturated carbocycles. The van der Waals surface area contributed by atoms with E-state index in [-0.39, 0.29) is 29.7 Å². The number of anilines is 2. The van der Waals surface area contributed by atoms with Gasteiger partial charge in [0.15, 0.2) is 4.34 Å². The number of rotatable bonds is 8. The largest absolute Gasteiger partial charge is 0.462 e. The van der Waals surface area contributed by atoms with Crippen LogP contribution >= 0.6 is 34.4 Å². The second-order valence-electron chi connectivity index (χ2n) is 6.35. The molecule has 13 heteroatoms. The molecule has 2 aromatic rings. The van der Waals surface area contributed by atoms with E-state index in [9.17, 15) is 14.4 Å². The first kappa shape index (κ1) is 23.4. The van der Waals surface area contributed by atoms with Crippen LogP contribution in [0.1, 0.15) is 32.5 Å². The average Bonchev–Trinajstić information content (AvgIpc) is 3.37. The van der Waals surface area contributed by atoms with Crippen LogP contribution in [-0.2, 0) is 14.3 Å². The summed E-state index contributed by atoms with van der Waals surface area (Å²) in [6.07, 6.45) is 0. The van der Waals surface area contributed by atoms with Crippen LogP contribution in [0, 0.1) is 6.92 Å². The number of amides is 2. The SMILES string of the molecule is CCOC(=O)c1c(NC(=O)CSc2nnc(N3CCOCC3)s2)sc(C(=O)NC)c1C. The highest BCUT2D eigenvalue weighted by Crippen LogP contribution is 2.34. The van der Waals surface area contributed by atoms with Gasteiger partial charge in [-0.2, -0.15) is 0 Å². The van der Waals surface area contributed by atoms with Gasteiger partial charge >= 0.3 is 5.97 Å². The van der Waals surface area contributed by atoms with E-state index < -0.39 is 5.97 Å². The summed E-state index contributed by atoms with van der Waals surface area (Å²) < 4.78 is 11.1. The van der Waals surface area contributed by atoms with Crippen LogP contribution in [0.15, 0.2) is 4.34 Å². The van der Waals surface area contributed by atoms with Gasteiger partial charge in [0.1, 0.15) is 5.00 Å². The molecule has 0 aliphatic carbocycles. The van der Waals surface area contributed by atoms with Gasteiger partial charge in [-0.3, -0.25) is 9.59 Å². The molecular weight excluding hydrogens is 462 g/mol. The molecule has 168 valence electrons. The predicted molar refractivity (Wildman–Crippen MR) is 121 cm³/mol. The van der Waals surface area contributed by atoms with Crippen molar-refractivity contribution in [1.82, 2.24) is 15.5 Å². The van der Waals surface area contributed by atoms with Gasteiger partial charge in [-0.1, -0.05) is 23.1 Å². The van der Waals surface area contributed by atoms with Crippen molar-refractivity contribution < 1.29 is 23.9 Å². The van der Waals surface area contributed by atoms with Crippen LogP contribution in [0.4, 0.5) is 10.1 Å². The van der Waals surface area contributed by atoms with Crippen molar-refractivity contribution in [2.24, 2.45) is 0 Å². The van der Waals surface area contributed by atoms with E-state index in [2.05, 4.69) is 25.7 Å². The number of thiophene rings is 1. The zero-order valence-corrected chi connectivity index (χ0v) is 19.8. The Hall–Kier alpha value is -2.22. The maximum atomic E-state index is 12.5. The smallest absolute Gasteiger partial charge is 0.341 e. The highest BCUT2D eigenvalue weighted by Gasteiger charge is 2.26. The first-order valence-corrected chi connectivity index (χ1v) is 12.2. The van der Waals surface area contributed by atoms with E-state index in [1.807, 2.05) is 0 Å². The Kier molecular flexibility index (Phi) is 8.23. The fraction of sp³-hybridized carbons (Fsp3) is 0.500. The number of esters is 1. The third-order valence-corrected chi connectivity index (χ3v) is 7.64. The van der Waals surface area contributed by atoms with Gasteiger partial charge in [0.05, 0.1) is 36.0 Å². The molecule has 0 unspecified atom stereocenters. The molecule has 3 rings (SSSR count). The lowest BCUT2D eigenvalue weighted by Crippen LogP contribution is -2.36. The molecule has 2 amide bonds. The Morgan fingerprint density at radius 3 is 2.65 bits per heavy atom. The second kappa shape index (κ2) is 10.9. The maximum Gasteiger partial charge on any atom is 0.341 e. The normalized spacial score (nSPS) is 13.7. The number of hydrogen-bond donors (Lipinski definition) is 2. The Labute approximate surface area is 191 Å². The van der Waals surface area contributed by atoms with Gasteiger partial charge in [-0.15, -0.1) is 21.5 Å². The van der Waals surface area contributed by atoms with E-state index in [1.54, 1.807) is 13.8 Å². The molecule has 0 atom stereocenters. The summed E-state index contributed by atoms with van der Waals surface area (Å²) in [6.45, 7) is 6.39. The predicted octanol–water partition coefficient (Wildman–Crippen LogP) is 2.01. The van der Waals surface area contributed by atoms with Gasteiger partial charge < -0.3 is 25.0 Å². The van der Waals surface area contributed by atoms with Crippen LogP contribution in [0.3, 0.4) is 0 Å². The van der Waals surface area contributed by atoms with E-state index in [4.69, 9.17) is 9.47 Å². The number of aromatic nitrogens is 2. The topological polar surface area (TPSA) is 123 Å². The van der Waals surface area contributed by atoms with Crippen molar-refractivity contribution in [2.75, 3.05) is 55.9 Å². The molecule has 2 N–H and O–H groups in total. The van der Waals surface area contributed by atoms with Crippen LogP contribution in [0.25, 0.3) is 0 Å². The standard InChI is InChI=1S/C18H23N5O5S3/c1-4-28-16(26)12-10(2)13(14(25)19-3)30-15(12)20-11(24)9-29-18-22-21-17(31-18)23-5-7-27-8-6-23/h4-9H2,1-3H3,(H,19,25)(H,20,24). The van der Waals surface area contributed by atoms with Gasteiger partial charge in [0, 0.05) is 20.1 Å². The fourth-order valence-corrected chi connectivity index (χ4v) is 5.66. The Balaban J connectivity index is 1.66. The number of nitrogens with one attached hydrogen (secondary N) is 2. The van der Waals surface area contributed by atoms with E-state index in [0.717, 1.165) is 29.6 Å². The lowest BCUT2D eigenvalue weighted by atomic mass is 10.1. The summed E-state index contributed by atoms with van der Waals surface area (Å²) in [6, 6.07) is 0. The van der Waals surface area contributed by atoms with Gasteiger partial charge in [-0.25, -0.2) is 4.79 Å². The van der Waals surface area contributed by atoms with Crippen molar-refractivity contribution in [1.29, 1.82) is 0 Å². The summed E-state index contributed by atoms with van der Waals surface area (Å²) in [4.78, 5) is 39.5. The summed E-state index contributed by atoms with van der Waals surface area (Å²) in [5.41, 5.74) is 0.680. The van der Waals surface area contributed by atoms with E-state index in [1.165, 1.54) is 30.1 Å². The van der Waals surface area contributed by atoms with Crippen LogP contribution < -0.4 is 15.5 Å². The minimum Gasteiger partial charge on any atom is -0.462 e. The summed E-state index contributed by atoms with van der Waals surface area (Å²) in [7, 11) is 1.51. The first-order chi connectivity index (χ1) is 14.9. The number of hydrogen-bond acceptors (Lipinski definition) is 11. The van der Waals surface area contributed by atoms with Gasteiger partial charge in [0.25, 0.3) is 5.91 Å². The molecule has 1 aliphatic rings. The molecular formula is C18H23N5O5S3. The lowest BCUT2D eigenvalue weighted by molar-refractivity contribution is -0.113. The number of carbonyl (C=O) groups excluding carboxylic acids is 3. The van der Waals surface area contributed by atoms with Crippen LogP contribution in [-0.4, -0.2) is 73.7 Å². The van der Waals surface area contributed by atoms with Crippen molar-refractivity contribution in [2.45, 2.75) is 18.2 Å². The summed E-state index contributed by atoms with van der Waals surface area (Å²) in [5, 5.41) is 14.7. The average molecular weight is 486 g/mol. The molecule has 31 heavy (non-hydrogen) atoms. The van der Waals surface area contributed by atoms with Crippen molar-refractivity contribution in [3.8, 4) is 0 Å². The summed E-state index contributed by atoms with van der Waals surface area (Å²) >= 11 is 3.73. The van der Waals surface area contributed by atoms with Crippen molar-refractivity contribution in [3.05, 3.63) is 16.0 Å². The zero-order chi connectivity index (χ0) is 22.4. The monoisotopic (exact) mass is 485 g/mol. The Bertz CT molecular complexity index is 955. The fourth-order valence-electron chi connectivity index (χ4n) is 2.81. The number of thioether (sulfide) groups is 1. The molecule has 1 saturated heterocycles. The van der Waals surface area contributed by atoms with Crippen molar-refractivity contribution >= 4 is 62.4 Å². The molecule has 0 aromatic carbocycles. The molecule has 1 aliphatic heterocycles. The third kappa shape index (κ3) is 5.73. The van der Waals surface area contributed by atoms with Crippen molar-refractivity contribution in [3.63, 3.8) is 0 Å². The highest BCUT2D eigenvalue weighted by molar-refractivity contribution is 8.01. The highest BCUT2D eigenvalue weighted by atomic mass is 32.2. The van der Waals surface area contributed by atoms with Crippen LogP contribution in [0.2, 0.25) is 0 Å².